The number of hydrogen-bond acceptors (Lipinski definition) is 6. The monoisotopic (exact) mass is 383 g/mol. The number of carbonyl (C=O) groups excluding carboxylic acids is 1. The topological polar surface area (TPSA) is 54.9 Å². The van der Waals surface area contributed by atoms with E-state index in [0.29, 0.717) is 10.8 Å². The Balaban J connectivity index is 1.49. The van der Waals surface area contributed by atoms with E-state index in [1.807, 2.05) is 54.1 Å². The molecule has 1 aromatic carbocycles. The van der Waals surface area contributed by atoms with Crippen LogP contribution in [0.1, 0.15) is 16.1 Å². The summed E-state index contributed by atoms with van der Waals surface area (Å²) >= 11 is 4.51. The van der Waals surface area contributed by atoms with Crippen LogP contribution in [-0.2, 0) is 0 Å². The van der Waals surface area contributed by atoms with Gasteiger partial charge < -0.3 is 0 Å². The highest BCUT2D eigenvalue weighted by molar-refractivity contribution is 7.16. The molecule has 0 atom stereocenters. The normalized spacial score (nSPS) is 10.8. The smallest absolute Gasteiger partial charge is 0.276 e. The highest BCUT2D eigenvalue weighted by Crippen LogP contribution is 2.29. The van der Waals surface area contributed by atoms with E-state index < -0.39 is 0 Å². The standard InChI is InChI=1S/C18H13N3OS3/c1-11-4-6-12(7-5-11)17-19-14(10-24-17)16(22)21-18-20-13(9-25-18)15-3-2-8-23-15/h2-10H,1H3,(H,20,21,22). The summed E-state index contributed by atoms with van der Waals surface area (Å²) in [6, 6.07) is 12.1. The van der Waals surface area contributed by atoms with E-state index in [1.54, 1.807) is 16.7 Å². The SMILES string of the molecule is Cc1ccc(-c2nc(C(=O)Nc3nc(-c4cccs4)cs3)cs2)cc1. The molecule has 0 aliphatic heterocycles. The summed E-state index contributed by atoms with van der Waals surface area (Å²) < 4.78 is 0. The second-order valence-electron chi connectivity index (χ2n) is 5.37. The van der Waals surface area contributed by atoms with Gasteiger partial charge in [-0.05, 0) is 18.4 Å². The van der Waals surface area contributed by atoms with E-state index in [-0.39, 0.29) is 5.91 Å². The third-order valence-corrected chi connectivity index (χ3v) is 6.08. The zero-order chi connectivity index (χ0) is 17.2. The summed E-state index contributed by atoms with van der Waals surface area (Å²) in [4.78, 5) is 22.4. The van der Waals surface area contributed by atoms with Gasteiger partial charge in [0.1, 0.15) is 10.7 Å². The van der Waals surface area contributed by atoms with Crippen LogP contribution in [0.25, 0.3) is 21.1 Å². The lowest BCUT2D eigenvalue weighted by Crippen LogP contribution is -2.12. The van der Waals surface area contributed by atoms with Gasteiger partial charge in [0.15, 0.2) is 5.13 Å². The number of thiazole rings is 2. The second-order valence-corrected chi connectivity index (χ2v) is 8.04. The van der Waals surface area contributed by atoms with Crippen molar-refractivity contribution in [3.63, 3.8) is 0 Å². The van der Waals surface area contributed by atoms with Crippen molar-refractivity contribution in [1.82, 2.24) is 9.97 Å². The molecule has 0 spiro atoms. The average Bonchev–Trinajstić information content (AvgIpc) is 3.36. The minimum atomic E-state index is -0.235. The first kappa shape index (κ1) is 16.1. The molecular weight excluding hydrogens is 370 g/mol. The molecule has 0 bridgehead atoms. The van der Waals surface area contributed by atoms with Gasteiger partial charge in [0, 0.05) is 16.3 Å². The van der Waals surface area contributed by atoms with Gasteiger partial charge >= 0.3 is 0 Å². The summed E-state index contributed by atoms with van der Waals surface area (Å²) in [6.45, 7) is 2.04. The fraction of sp³-hybridized carbons (Fsp3) is 0.0556. The molecule has 1 N–H and O–H groups in total. The number of benzene rings is 1. The lowest BCUT2D eigenvalue weighted by atomic mass is 10.2. The molecule has 124 valence electrons. The van der Waals surface area contributed by atoms with Gasteiger partial charge in [-0.25, -0.2) is 9.97 Å². The minimum absolute atomic E-state index is 0.235. The van der Waals surface area contributed by atoms with Crippen molar-refractivity contribution in [2.45, 2.75) is 6.92 Å². The van der Waals surface area contributed by atoms with Crippen LogP contribution >= 0.6 is 34.0 Å². The fourth-order valence-corrected chi connectivity index (χ4v) is 4.51. The molecule has 25 heavy (non-hydrogen) atoms. The zero-order valence-electron chi connectivity index (χ0n) is 13.2. The molecule has 7 heteroatoms. The number of aromatic nitrogens is 2. The van der Waals surface area contributed by atoms with Crippen LogP contribution in [0.5, 0.6) is 0 Å². The van der Waals surface area contributed by atoms with Crippen LogP contribution in [0.2, 0.25) is 0 Å². The Hall–Kier alpha value is -2.35. The quantitative estimate of drug-likeness (QED) is 0.502. The molecule has 3 heterocycles. The van der Waals surface area contributed by atoms with E-state index in [1.165, 1.54) is 28.2 Å². The zero-order valence-corrected chi connectivity index (χ0v) is 15.7. The van der Waals surface area contributed by atoms with Crippen LogP contribution in [0, 0.1) is 6.92 Å². The van der Waals surface area contributed by atoms with Gasteiger partial charge in [0.25, 0.3) is 5.91 Å². The van der Waals surface area contributed by atoms with Crippen LogP contribution in [0.15, 0.2) is 52.5 Å². The van der Waals surface area contributed by atoms with E-state index in [4.69, 9.17) is 0 Å². The highest BCUT2D eigenvalue weighted by atomic mass is 32.1. The molecule has 1 amide bonds. The number of anilines is 1. The van der Waals surface area contributed by atoms with Gasteiger partial charge in [0.2, 0.25) is 0 Å². The Morgan fingerprint density at radius 2 is 1.84 bits per heavy atom. The summed E-state index contributed by atoms with van der Waals surface area (Å²) in [6.07, 6.45) is 0. The minimum Gasteiger partial charge on any atom is -0.296 e. The van der Waals surface area contributed by atoms with Crippen molar-refractivity contribution in [1.29, 1.82) is 0 Å². The molecular formula is C18H13N3OS3. The first-order valence-corrected chi connectivity index (χ1v) is 10.2. The van der Waals surface area contributed by atoms with Crippen molar-refractivity contribution < 1.29 is 4.79 Å². The third kappa shape index (κ3) is 3.53. The van der Waals surface area contributed by atoms with E-state index in [2.05, 4.69) is 15.3 Å². The lowest BCUT2D eigenvalue weighted by molar-refractivity contribution is 0.102. The average molecular weight is 384 g/mol. The molecule has 4 nitrogen and oxygen atoms in total. The number of hydrogen-bond donors (Lipinski definition) is 1. The predicted molar refractivity (Wildman–Crippen MR) is 106 cm³/mol. The van der Waals surface area contributed by atoms with Crippen LogP contribution < -0.4 is 5.32 Å². The van der Waals surface area contributed by atoms with Gasteiger partial charge in [-0.15, -0.1) is 34.0 Å². The van der Waals surface area contributed by atoms with E-state index in [0.717, 1.165) is 21.1 Å². The first-order valence-electron chi connectivity index (χ1n) is 7.52. The molecule has 0 saturated heterocycles. The molecule has 0 fully saturated rings. The Kier molecular flexibility index (Phi) is 4.44. The van der Waals surface area contributed by atoms with Gasteiger partial charge in [-0.1, -0.05) is 35.9 Å². The summed E-state index contributed by atoms with van der Waals surface area (Å²) in [5, 5.41) is 9.98. The number of carbonyl (C=O) groups is 1. The molecule has 0 unspecified atom stereocenters. The van der Waals surface area contributed by atoms with Crippen molar-refractivity contribution in [2.24, 2.45) is 0 Å². The number of rotatable bonds is 4. The van der Waals surface area contributed by atoms with Crippen LogP contribution in [0.3, 0.4) is 0 Å². The van der Waals surface area contributed by atoms with E-state index in [9.17, 15) is 4.79 Å². The Labute approximate surface area is 156 Å². The van der Waals surface area contributed by atoms with Crippen LogP contribution in [-0.4, -0.2) is 15.9 Å². The van der Waals surface area contributed by atoms with Crippen molar-refractivity contribution in [2.75, 3.05) is 5.32 Å². The van der Waals surface area contributed by atoms with E-state index >= 15 is 0 Å². The predicted octanol–water partition coefficient (Wildman–Crippen LogP) is 5.56. The molecule has 4 aromatic rings. The molecule has 4 rings (SSSR count). The Bertz CT molecular complexity index is 1000. The maximum absolute atomic E-state index is 12.4. The Morgan fingerprint density at radius 3 is 2.60 bits per heavy atom. The lowest BCUT2D eigenvalue weighted by Gasteiger charge is -1.98. The molecule has 3 aromatic heterocycles. The maximum Gasteiger partial charge on any atom is 0.276 e. The largest absolute Gasteiger partial charge is 0.296 e. The molecule has 0 aliphatic rings. The first-order chi connectivity index (χ1) is 12.2. The maximum atomic E-state index is 12.4. The van der Waals surface area contributed by atoms with Gasteiger partial charge in [-0.3, -0.25) is 10.1 Å². The number of nitrogens with zero attached hydrogens (tertiary/aromatic N) is 2. The summed E-state index contributed by atoms with van der Waals surface area (Å²) in [5.74, 6) is -0.235. The summed E-state index contributed by atoms with van der Waals surface area (Å²) in [5.41, 5.74) is 3.51. The number of amides is 1. The molecule has 0 saturated carbocycles. The van der Waals surface area contributed by atoms with Gasteiger partial charge in [0.05, 0.1) is 10.6 Å². The van der Waals surface area contributed by atoms with Crippen molar-refractivity contribution >= 4 is 45.0 Å². The number of thiophene rings is 1. The van der Waals surface area contributed by atoms with Crippen molar-refractivity contribution in [3.8, 4) is 21.1 Å². The fourth-order valence-electron chi connectivity index (χ4n) is 2.24. The third-order valence-electron chi connectivity index (χ3n) is 3.53. The number of nitrogens with one attached hydrogen (secondary N) is 1. The van der Waals surface area contributed by atoms with Crippen LogP contribution in [0.4, 0.5) is 5.13 Å². The Morgan fingerprint density at radius 1 is 1.00 bits per heavy atom. The summed E-state index contributed by atoms with van der Waals surface area (Å²) in [7, 11) is 0. The second kappa shape index (κ2) is 6.87. The van der Waals surface area contributed by atoms with Crippen molar-refractivity contribution in [3.05, 3.63) is 63.8 Å². The molecule has 0 aliphatic carbocycles. The molecule has 0 radical (unpaired) electrons. The highest BCUT2D eigenvalue weighted by Gasteiger charge is 2.14. The van der Waals surface area contributed by atoms with Gasteiger partial charge in [-0.2, -0.15) is 0 Å². The number of aryl methyl sites for hydroxylation is 1.